The number of nitrogens with one attached hydrogen (secondary N) is 1. The second-order valence-electron chi connectivity index (χ2n) is 5.40. The Morgan fingerprint density at radius 3 is 2.55 bits per heavy atom. The molecule has 20 heavy (non-hydrogen) atoms. The Morgan fingerprint density at radius 2 is 1.90 bits per heavy atom. The van der Waals surface area contributed by atoms with Crippen LogP contribution in [0.4, 0.5) is 0 Å². The molecule has 0 fully saturated rings. The third-order valence-corrected chi connectivity index (χ3v) is 4.17. The second-order valence-corrected chi connectivity index (χ2v) is 5.40. The predicted molar refractivity (Wildman–Crippen MR) is 82.1 cm³/mol. The van der Waals surface area contributed by atoms with E-state index in [9.17, 15) is 0 Å². The van der Waals surface area contributed by atoms with E-state index in [1.807, 2.05) is 13.0 Å². The number of methoxy groups -OCH3 is 1. The van der Waals surface area contributed by atoms with Crippen molar-refractivity contribution in [3.8, 4) is 5.75 Å². The number of benzene rings is 2. The number of aryl methyl sites for hydroxylation is 1. The molecular formula is C18H19NO. The maximum atomic E-state index is 7.66. The van der Waals surface area contributed by atoms with Crippen LogP contribution in [0.15, 0.2) is 42.5 Å². The number of hydrogen-bond acceptors (Lipinski definition) is 2. The normalized spacial score (nSPS) is 16.8. The molecule has 1 unspecified atom stereocenters. The zero-order chi connectivity index (χ0) is 14.1. The Morgan fingerprint density at radius 1 is 1.15 bits per heavy atom. The molecule has 0 saturated carbocycles. The Hall–Kier alpha value is -2.09. The fourth-order valence-corrected chi connectivity index (χ4v) is 3.03. The van der Waals surface area contributed by atoms with E-state index >= 15 is 0 Å². The van der Waals surface area contributed by atoms with Crippen molar-refractivity contribution in [3.63, 3.8) is 0 Å². The summed E-state index contributed by atoms with van der Waals surface area (Å²) in [7, 11) is 1.71. The molecule has 3 rings (SSSR count). The maximum Gasteiger partial charge on any atom is 0.119 e. The van der Waals surface area contributed by atoms with Crippen molar-refractivity contribution in [1.29, 1.82) is 5.41 Å². The summed E-state index contributed by atoms with van der Waals surface area (Å²) in [6.07, 6.45) is 2.27. The number of ether oxygens (including phenoxy) is 1. The van der Waals surface area contributed by atoms with E-state index in [2.05, 4.69) is 36.4 Å². The van der Waals surface area contributed by atoms with Crippen molar-refractivity contribution in [2.24, 2.45) is 0 Å². The zero-order valence-electron chi connectivity index (χ0n) is 11.9. The molecule has 0 spiro atoms. The first-order valence-electron chi connectivity index (χ1n) is 7.01. The number of fused-ring (bicyclic) bond motifs is 1. The van der Waals surface area contributed by atoms with Gasteiger partial charge in [-0.05, 0) is 54.2 Å². The molecule has 0 aromatic heterocycles. The van der Waals surface area contributed by atoms with E-state index in [1.54, 1.807) is 7.11 Å². The van der Waals surface area contributed by atoms with Crippen LogP contribution in [-0.2, 0) is 6.42 Å². The summed E-state index contributed by atoms with van der Waals surface area (Å²) < 4.78 is 5.30. The molecule has 1 aliphatic carbocycles. The molecule has 2 heteroatoms. The molecule has 2 nitrogen and oxygen atoms in total. The molecule has 0 radical (unpaired) electrons. The van der Waals surface area contributed by atoms with Crippen LogP contribution >= 0.6 is 0 Å². The summed E-state index contributed by atoms with van der Waals surface area (Å²) >= 11 is 0. The van der Waals surface area contributed by atoms with Crippen molar-refractivity contribution in [1.82, 2.24) is 0 Å². The fraction of sp³-hybridized carbons (Fsp3) is 0.278. The largest absolute Gasteiger partial charge is 0.497 e. The number of rotatable bonds is 3. The lowest BCUT2D eigenvalue weighted by Crippen LogP contribution is -1.98. The van der Waals surface area contributed by atoms with Gasteiger partial charge in [0.2, 0.25) is 0 Å². The first-order chi connectivity index (χ1) is 9.69. The Kier molecular flexibility index (Phi) is 3.31. The lowest BCUT2D eigenvalue weighted by Gasteiger charge is -2.13. The van der Waals surface area contributed by atoms with Gasteiger partial charge in [-0.25, -0.2) is 0 Å². The highest BCUT2D eigenvalue weighted by Crippen LogP contribution is 2.39. The molecule has 2 aromatic rings. The minimum Gasteiger partial charge on any atom is -0.497 e. The third kappa shape index (κ3) is 2.22. The molecule has 0 bridgehead atoms. The molecule has 0 saturated heterocycles. The minimum atomic E-state index is 0.482. The standard InChI is InChI=1S/C18H19NO/c1-12(19)13-3-5-14(6-4-13)17-9-7-15-11-16(20-2)8-10-18(15)17/h3-6,8,10-11,17,19H,7,9H2,1-2H3. The van der Waals surface area contributed by atoms with Crippen LogP contribution in [0.5, 0.6) is 5.75 Å². The first-order valence-corrected chi connectivity index (χ1v) is 7.01. The van der Waals surface area contributed by atoms with Gasteiger partial charge in [-0.3, -0.25) is 0 Å². The van der Waals surface area contributed by atoms with Crippen molar-refractivity contribution < 1.29 is 4.74 Å². The minimum absolute atomic E-state index is 0.482. The quantitative estimate of drug-likeness (QED) is 0.830. The van der Waals surface area contributed by atoms with E-state index in [0.717, 1.165) is 24.2 Å². The van der Waals surface area contributed by atoms with Gasteiger partial charge in [0.05, 0.1) is 7.11 Å². The van der Waals surface area contributed by atoms with Gasteiger partial charge >= 0.3 is 0 Å². The van der Waals surface area contributed by atoms with Crippen LogP contribution < -0.4 is 4.74 Å². The highest BCUT2D eigenvalue weighted by atomic mass is 16.5. The molecule has 0 aliphatic heterocycles. The van der Waals surface area contributed by atoms with Crippen molar-refractivity contribution in [2.75, 3.05) is 7.11 Å². The Bertz CT molecular complexity index is 643. The van der Waals surface area contributed by atoms with E-state index in [1.165, 1.54) is 16.7 Å². The van der Waals surface area contributed by atoms with Crippen LogP contribution in [0.1, 0.15) is 41.5 Å². The molecule has 0 amide bonds. The highest BCUT2D eigenvalue weighted by Gasteiger charge is 2.24. The zero-order valence-corrected chi connectivity index (χ0v) is 11.9. The molecule has 0 heterocycles. The molecule has 1 atom stereocenters. The summed E-state index contributed by atoms with van der Waals surface area (Å²) in [6.45, 7) is 1.83. The maximum absolute atomic E-state index is 7.66. The highest BCUT2D eigenvalue weighted by molar-refractivity contribution is 5.96. The monoisotopic (exact) mass is 265 g/mol. The van der Waals surface area contributed by atoms with Gasteiger partial charge < -0.3 is 10.1 Å². The average Bonchev–Trinajstić information content (AvgIpc) is 2.90. The van der Waals surface area contributed by atoms with Crippen LogP contribution in [0.2, 0.25) is 0 Å². The Balaban J connectivity index is 1.92. The summed E-state index contributed by atoms with van der Waals surface area (Å²) in [5, 5.41) is 7.66. The van der Waals surface area contributed by atoms with E-state index in [4.69, 9.17) is 10.1 Å². The fourth-order valence-electron chi connectivity index (χ4n) is 3.03. The van der Waals surface area contributed by atoms with Gasteiger partial charge in [-0.2, -0.15) is 0 Å². The summed E-state index contributed by atoms with van der Waals surface area (Å²) in [5.41, 5.74) is 5.79. The Labute approximate surface area is 119 Å². The van der Waals surface area contributed by atoms with Crippen LogP contribution in [-0.4, -0.2) is 12.8 Å². The van der Waals surface area contributed by atoms with Gasteiger partial charge in [0.25, 0.3) is 0 Å². The molecule has 1 aliphatic rings. The van der Waals surface area contributed by atoms with Gasteiger partial charge in [0.1, 0.15) is 5.75 Å². The van der Waals surface area contributed by atoms with Gasteiger partial charge in [0.15, 0.2) is 0 Å². The van der Waals surface area contributed by atoms with Gasteiger partial charge in [-0.15, -0.1) is 0 Å². The first kappa shape index (κ1) is 12.9. The lowest BCUT2D eigenvalue weighted by atomic mass is 9.92. The van der Waals surface area contributed by atoms with Gasteiger partial charge in [0, 0.05) is 11.6 Å². The van der Waals surface area contributed by atoms with Crippen molar-refractivity contribution in [3.05, 3.63) is 64.7 Å². The lowest BCUT2D eigenvalue weighted by molar-refractivity contribution is 0.414. The van der Waals surface area contributed by atoms with Crippen molar-refractivity contribution >= 4 is 5.71 Å². The average molecular weight is 265 g/mol. The van der Waals surface area contributed by atoms with E-state index in [-0.39, 0.29) is 0 Å². The van der Waals surface area contributed by atoms with Crippen LogP contribution in [0.3, 0.4) is 0 Å². The summed E-state index contributed by atoms with van der Waals surface area (Å²) in [4.78, 5) is 0. The van der Waals surface area contributed by atoms with E-state index < -0.39 is 0 Å². The number of hydrogen-bond donors (Lipinski definition) is 1. The third-order valence-electron chi connectivity index (χ3n) is 4.17. The molecule has 102 valence electrons. The predicted octanol–water partition coefficient (Wildman–Crippen LogP) is 4.16. The van der Waals surface area contributed by atoms with Gasteiger partial charge in [-0.1, -0.05) is 30.3 Å². The summed E-state index contributed by atoms with van der Waals surface area (Å²) in [5.74, 6) is 1.43. The SMILES string of the molecule is COc1ccc2c(c1)CCC2c1ccc(C(C)=N)cc1. The smallest absolute Gasteiger partial charge is 0.119 e. The van der Waals surface area contributed by atoms with Crippen LogP contribution in [0, 0.1) is 5.41 Å². The molecule has 2 aromatic carbocycles. The molecular weight excluding hydrogens is 246 g/mol. The second kappa shape index (κ2) is 5.12. The molecule has 1 N–H and O–H groups in total. The van der Waals surface area contributed by atoms with Crippen LogP contribution in [0.25, 0.3) is 0 Å². The van der Waals surface area contributed by atoms with E-state index in [0.29, 0.717) is 11.6 Å². The van der Waals surface area contributed by atoms with Crippen molar-refractivity contribution in [2.45, 2.75) is 25.7 Å². The topological polar surface area (TPSA) is 33.1 Å². The summed E-state index contributed by atoms with van der Waals surface area (Å²) in [6, 6.07) is 14.8.